The Hall–Kier alpha value is -2.37. The number of rotatable bonds is 4. The van der Waals surface area contributed by atoms with Gasteiger partial charge in [-0.05, 0) is 12.1 Å². The zero-order chi connectivity index (χ0) is 14.7. The third-order valence-electron chi connectivity index (χ3n) is 2.70. The lowest BCUT2D eigenvalue weighted by atomic mass is 10.2. The number of nitrogens with zero attached hydrogens (tertiary/aromatic N) is 2. The molecule has 0 saturated heterocycles. The lowest BCUT2D eigenvalue weighted by molar-refractivity contribution is 0.386. The first-order valence-electron chi connectivity index (χ1n) is 6.24. The molecule has 0 saturated carbocycles. The van der Waals surface area contributed by atoms with Crippen molar-refractivity contribution >= 4 is 17.3 Å². The molecule has 0 aliphatic heterocycles. The number of ether oxygens (including phenoxy) is 1. The molecule has 0 bridgehead atoms. The number of hydrogen-bond acceptors (Lipinski definition) is 5. The predicted octanol–water partition coefficient (Wildman–Crippen LogP) is 3.07. The maximum absolute atomic E-state index is 13.6. The van der Waals surface area contributed by atoms with Crippen LogP contribution in [0.5, 0.6) is 5.75 Å². The van der Waals surface area contributed by atoms with Gasteiger partial charge in [-0.15, -0.1) is 0 Å². The van der Waals surface area contributed by atoms with Crippen molar-refractivity contribution < 1.29 is 9.13 Å². The largest absolute Gasteiger partial charge is 0.494 e. The van der Waals surface area contributed by atoms with Gasteiger partial charge in [0.25, 0.3) is 0 Å². The average Bonchev–Trinajstić information content (AvgIpc) is 2.38. The van der Waals surface area contributed by atoms with Crippen molar-refractivity contribution in [2.75, 3.05) is 18.2 Å². The molecule has 0 unspecified atom stereocenters. The zero-order valence-electron chi connectivity index (χ0n) is 11.6. The molecule has 0 aliphatic carbocycles. The van der Waals surface area contributed by atoms with E-state index in [0.29, 0.717) is 23.1 Å². The van der Waals surface area contributed by atoms with E-state index < -0.39 is 5.82 Å². The van der Waals surface area contributed by atoms with Gasteiger partial charge in [-0.25, -0.2) is 14.4 Å². The molecule has 5 nitrogen and oxygen atoms in total. The minimum atomic E-state index is -0.441. The van der Waals surface area contributed by atoms with Crippen LogP contribution in [-0.4, -0.2) is 17.1 Å². The zero-order valence-corrected chi connectivity index (χ0v) is 11.6. The lowest BCUT2D eigenvalue weighted by Crippen LogP contribution is -2.05. The van der Waals surface area contributed by atoms with Crippen LogP contribution in [0.2, 0.25) is 0 Å². The maximum Gasteiger partial charge on any atom is 0.167 e. The Morgan fingerprint density at radius 1 is 1.25 bits per heavy atom. The quantitative estimate of drug-likeness (QED) is 0.897. The van der Waals surface area contributed by atoms with Gasteiger partial charge in [0.1, 0.15) is 17.5 Å². The van der Waals surface area contributed by atoms with Crippen molar-refractivity contribution in [3.63, 3.8) is 0 Å². The van der Waals surface area contributed by atoms with Gasteiger partial charge in [0, 0.05) is 23.7 Å². The average molecular weight is 276 g/mol. The van der Waals surface area contributed by atoms with Gasteiger partial charge in [-0.3, -0.25) is 0 Å². The van der Waals surface area contributed by atoms with Crippen molar-refractivity contribution in [3.05, 3.63) is 35.9 Å². The van der Waals surface area contributed by atoms with Gasteiger partial charge in [-0.2, -0.15) is 0 Å². The van der Waals surface area contributed by atoms with Gasteiger partial charge in [0.15, 0.2) is 11.6 Å². The molecule has 106 valence electrons. The molecule has 20 heavy (non-hydrogen) atoms. The van der Waals surface area contributed by atoms with Crippen molar-refractivity contribution in [2.45, 2.75) is 19.8 Å². The van der Waals surface area contributed by atoms with Gasteiger partial charge in [-0.1, -0.05) is 13.8 Å². The molecule has 0 aliphatic rings. The van der Waals surface area contributed by atoms with E-state index in [2.05, 4.69) is 15.3 Å². The summed E-state index contributed by atoms with van der Waals surface area (Å²) in [6.07, 6.45) is 0. The predicted molar refractivity (Wildman–Crippen MR) is 76.8 cm³/mol. The second-order valence-corrected chi connectivity index (χ2v) is 4.67. The first-order valence-corrected chi connectivity index (χ1v) is 6.24. The van der Waals surface area contributed by atoms with E-state index in [1.807, 2.05) is 13.8 Å². The topological polar surface area (TPSA) is 73.1 Å². The number of methoxy groups -OCH3 is 1. The normalized spacial score (nSPS) is 10.7. The van der Waals surface area contributed by atoms with Crippen molar-refractivity contribution in [1.82, 2.24) is 9.97 Å². The number of benzene rings is 1. The van der Waals surface area contributed by atoms with Crippen LogP contribution in [0.3, 0.4) is 0 Å². The molecule has 2 rings (SSSR count). The second-order valence-electron chi connectivity index (χ2n) is 4.67. The van der Waals surface area contributed by atoms with E-state index >= 15 is 0 Å². The lowest BCUT2D eigenvalue weighted by Gasteiger charge is -2.11. The number of aromatic nitrogens is 2. The Bertz CT molecular complexity index is 616. The summed E-state index contributed by atoms with van der Waals surface area (Å²) in [7, 11) is 1.42. The summed E-state index contributed by atoms with van der Waals surface area (Å²) in [5.74, 6) is 1.46. The highest BCUT2D eigenvalue weighted by molar-refractivity contribution is 5.59. The second kappa shape index (κ2) is 5.73. The maximum atomic E-state index is 13.6. The van der Waals surface area contributed by atoms with Crippen molar-refractivity contribution in [3.8, 4) is 5.75 Å². The molecule has 0 amide bonds. The highest BCUT2D eigenvalue weighted by Crippen LogP contribution is 2.24. The van der Waals surface area contributed by atoms with Gasteiger partial charge in [0.2, 0.25) is 0 Å². The van der Waals surface area contributed by atoms with Crippen LogP contribution in [0.25, 0.3) is 0 Å². The van der Waals surface area contributed by atoms with E-state index in [9.17, 15) is 4.39 Å². The number of hydrogen-bond donors (Lipinski definition) is 2. The molecular formula is C14H17FN4O. The van der Waals surface area contributed by atoms with Crippen LogP contribution in [-0.2, 0) is 0 Å². The van der Waals surface area contributed by atoms with Gasteiger partial charge in [0.05, 0.1) is 7.11 Å². The number of anilines is 3. The van der Waals surface area contributed by atoms with Crippen molar-refractivity contribution in [1.29, 1.82) is 0 Å². The molecule has 1 aromatic carbocycles. The Kier molecular flexibility index (Phi) is 4.02. The number of halogens is 1. The molecule has 0 spiro atoms. The third kappa shape index (κ3) is 3.14. The van der Waals surface area contributed by atoms with E-state index in [0.717, 1.165) is 0 Å². The SMILES string of the molecule is COc1ccc(Nc2cc(N)nc(C(C)C)n2)cc1F. The van der Waals surface area contributed by atoms with Crippen LogP contribution in [0.4, 0.5) is 21.7 Å². The Morgan fingerprint density at radius 3 is 2.60 bits per heavy atom. The Morgan fingerprint density at radius 2 is 2.00 bits per heavy atom. The molecule has 6 heteroatoms. The summed E-state index contributed by atoms with van der Waals surface area (Å²) in [5.41, 5.74) is 6.31. The van der Waals surface area contributed by atoms with Gasteiger partial charge < -0.3 is 15.8 Å². The van der Waals surface area contributed by atoms with E-state index in [1.54, 1.807) is 18.2 Å². The molecule has 2 aromatic rings. The monoisotopic (exact) mass is 276 g/mol. The van der Waals surface area contributed by atoms with Gasteiger partial charge >= 0.3 is 0 Å². The van der Waals surface area contributed by atoms with Crippen LogP contribution in [0.15, 0.2) is 24.3 Å². The Balaban J connectivity index is 2.27. The molecular weight excluding hydrogens is 259 g/mol. The van der Waals surface area contributed by atoms with E-state index in [-0.39, 0.29) is 11.7 Å². The molecule has 0 fully saturated rings. The number of nitrogens with one attached hydrogen (secondary N) is 1. The van der Waals surface area contributed by atoms with Crippen LogP contribution in [0, 0.1) is 5.82 Å². The molecule has 0 radical (unpaired) electrons. The molecule has 1 heterocycles. The summed E-state index contributed by atoms with van der Waals surface area (Å²) in [6.45, 7) is 3.96. The molecule has 0 atom stereocenters. The Labute approximate surface area is 117 Å². The summed E-state index contributed by atoms with van der Waals surface area (Å²) >= 11 is 0. The fourth-order valence-corrected chi connectivity index (χ4v) is 1.70. The summed E-state index contributed by atoms with van der Waals surface area (Å²) in [5, 5.41) is 3.01. The standard InChI is InChI=1S/C14H17FN4O/c1-8(2)14-18-12(16)7-13(19-14)17-9-4-5-11(20-3)10(15)6-9/h4-8H,1-3H3,(H3,16,17,18,19). The number of nitrogen functional groups attached to an aromatic ring is 1. The minimum absolute atomic E-state index is 0.159. The summed E-state index contributed by atoms with van der Waals surface area (Å²) in [4.78, 5) is 8.50. The van der Waals surface area contributed by atoms with E-state index in [1.165, 1.54) is 13.2 Å². The highest BCUT2D eigenvalue weighted by Gasteiger charge is 2.08. The minimum Gasteiger partial charge on any atom is -0.494 e. The van der Waals surface area contributed by atoms with Crippen molar-refractivity contribution in [2.24, 2.45) is 0 Å². The third-order valence-corrected chi connectivity index (χ3v) is 2.70. The first-order chi connectivity index (χ1) is 9.49. The fraction of sp³-hybridized carbons (Fsp3) is 0.286. The molecule has 1 aromatic heterocycles. The number of nitrogens with two attached hydrogens (primary N) is 1. The molecule has 3 N–H and O–H groups in total. The first kappa shape index (κ1) is 14.0. The van der Waals surface area contributed by atoms with Crippen LogP contribution < -0.4 is 15.8 Å². The smallest absolute Gasteiger partial charge is 0.167 e. The fourth-order valence-electron chi connectivity index (χ4n) is 1.70. The van der Waals surface area contributed by atoms with E-state index in [4.69, 9.17) is 10.5 Å². The summed E-state index contributed by atoms with van der Waals surface area (Å²) in [6, 6.07) is 6.20. The summed E-state index contributed by atoms with van der Waals surface area (Å²) < 4.78 is 18.5. The highest BCUT2D eigenvalue weighted by atomic mass is 19.1. The van der Waals surface area contributed by atoms with Crippen LogP contribution in [0.1, 0.15) is 25.6 Å². The van der Waals surface area contributed by atoms with Crippen LogP contribution >= 0.6 is 0 Å².